The van der Waals surface area contributed by atoms with Gasteiger partial charge >= 0.3 is 0 Å². The number of H-pyrrole nitrogens is 1. The van der Waals surface area contributed by atoms with Crippen molar-refractivity contribution >= 4 is 50.1 Å². The van der Waals surface area contributed by atoms with Crippen molar-refractivity contribution in [3.63, 3.8) is 0 Å². The van der Waals surface area contributed by atoms with Gasteiger partial charge in [-0.2, -0.15) is 0 Å². The number of fused-ring (bicyclic) bond motifs is 1. The standard InChI is InChI=1S/C51H60FN7O7S/c1-5-42-47(27-40-41(52)29-54-48(40)55-42)66-46-25-34(57-23-21-51(22-24-57)30-58(31-51)44-12-8-11-38(44)37-10-7-6-9-36(37)32(2)3)13-15-39(46)49(60)56-67(64,65)35-14-16-43(45(26-35)59(62)63)53-28-33-17-19-50(4,61)20-18-33/h5-7,9-10,13-16,25-27,29,32-33,38,44,53,61H,1,8,11-12,17-24,28,30-31H2,2-4H3,(H,54,55)(H,56,60)/t33?,38-,44-,50?/m0/s1. The van der Waals surface area contributed by atoms with Crippen LogP contribution < -0.4 is 19.7 Å². The largest absolute Gasteiger partial charge is 0.454 e. The molecule has 4 aliphatic rings. The van der Waals surface area contributed by atoms with E-state index < -0.39 is 42.9 Å². The lowest BCUT2D eigenvalue weighted by Gasteiger charge is -2.57. The van der Waals surface area contributed by atoms with E-state index in [9.17, 15) is 32.8 Å². The number of aliphatic hydroxyl groups is 1. The lowest BCUT2D eigenvalue weighted by atomic mass is 9.70. The lowest BCUT2D eigenvalue weighted by molar-refractivity contribution is -0.384. The van der Waals surface area contributed by atoms with E-state index in [0.717, 1.165) is 63.6 Å². The second-order valence-corrected chi connectivity index (χ2v) is 21.5. The molecule has 16 heteroatoms. The van der Waals surface area contributed by atoms with Gasteiger partial charge in [-0.25, -0.2) is 22.5 Å². The number of piperidine rings is 1. The average molecular weight is 934 g/mol. The fourth-order valence-electron chi connectivity index (χ4n) is 11.0. The molecular weight excluding hydrogens is 874 g/mol. The minimum absolute atomic E-state index is 0.00390. The number of likely N-dealkylation sites (tertiary alicyclic amines) is 1. The molecule has 354 valence electrons. The van der Waals surface area contributed by atoms with Gasteiger partial charge in [0.15, 0.2) is 5.75 Å². The molecule has 0 radical (unpaired) electrons. The summed E-state index contributed by atoms with van der Waals surface area (Å²) in [4.78, 5) is 37.3. The molecule has 0 bridgehead atoms. The highest BCUT2D eigenvalue weighted by atomic mass is 32.2. The first-order valence-electron chi connectivity index (χ1n) is 23.5. The number of carbonyl (C=O) groups excluding carboxylic acids is 1. The summed E-state index contributed by atoms with van der Waals surface area (Å²) in [5.41, 5.74) is 3.31. The zero-order valence-corrected chi connectivity index (χ0v) is 39.2. The number of benzene rings is 3. The Morgan fingerprint density at radius 1 is 1.04 bits per heavy atom. The van der Waals surface area contributed by atoms with Crippen LogP contribution in [0.15, 0.2) is 84.4 Å². The van der Waals surface area contributed by atoms with Gasteiger partial charge < -0.3 is 25.0 Å². The number of ether oxygens (including phenoxy) is 1. The second kappa shape index (κ2) is 18.3. The summed E-state index contributed by atoms with van der Waals surface area (Å²) in [6.45, 7) is 14.3. The van der Waals surface area contributed by atoms with Crippen LogP contribution in [-0.2, 0) is 10.0 Å². The van der Waals surface area contributed by atoms with E-state index in [1.165, 1.54) is 66.9 Å². The van der Waals surface area contributed by atoms with Crippen LogP contribution in [0, 0.1) is 27.3 Å². The van der Waals surface area contributed by atoms with E-state index in [1.807, 2.05) is 0 Å². The first-order valence-corrected chi connectivity index (χ1v) is 25.0. The Morgan fingerprint density at radius 3 is 2.51 bits per heavy atom. The third-order valence-electron chi connectivity index (χ3n) is 14.9. The van der Waals surface area contributed by atoms with Gasteiger partial charge in [-0.1, -0.05) is 51.1 Å². The summed E-state index contributed by atoms with van der Waals surface area (Å²) < 4.78 is 51.0. The van der Waals surface area contributed by atoms with Crippen molar-refractivity contribution in [1.29, 1.82) is 0 Å². The Kier molecular flexibility index (Phi) is 12.7. The average Bonchev–Trinajstić information content (AvgIpc) is 3.93. The molecule has 5 aromatic rings. The van der Waals surface area contributed by atoms with Crippen molar-refractivity contribution in [2.75, 3.05) is 42.9 Å². The third-order valence-corrected chi connectivity index (χ3v) is 16.3. The number of nitro benzene ring substituents is 1. The molecule has 2 saturated carbocycles. The highest BCUT2D eigenvalue weighted by molar-refractivity contribution is 7.90. The minimum atomic E-state index is -4.65. The Balaban J connectivity index is 0.928. The van der Waals surface area contributed by atoms with Crippen LogP contribution in [0.2, 0.25) is 0 Å². The smallest absolute Gasteiger partial charge is 0.293 e. The maximum Gasteiger partial charge on any atom is 0.293 e. The van der Waals surface area contributed by atoms with E-state index >= 15 is 0 Å². The number of halogens is 1. The summed E-state index contributed by atoms with van der Waals surface area (Å²) in [5, 5.41) is 25.8. The van der Waals surface area contributed by atoms with E-state index in [2.05, 4.69) is 74.5 Å². The molecule has 67 heavy (non-hydrogen) atoms. The van der Waals surface area contributed by atoms with Gasteiger partial charge in [0.1, 0.15) is 28.6 Å². The van der Waals surface area contributed by atoms with Crippen LogP contribution >= 0.6 is 0 Å². The van der Waals surface area contributed by atoms with E-state index in [4.69, 9.17) is 4.74 Å². The Hall–Kier alpha value is -5.84. The number of sulfonamides is 1. The van der Waals surface area contributed by atoms with Crippen molar-refractivity contribution in [2.24, 2.45) is 11.3 Å². The number of rotatable bonds is 14. The zero-order valence-electron chi connectivity index (χ0n) is 38.4. The van der Waals surface area contributed by atoms with Crippen LogP contribution in [0.5, 0.6) is 11.5 Å². The molecule has 4 fully saturated rings. The highest BCUT2D eigenvalue weighted by Crippen LogP contribution is 2.49. The van der Waals surface area contributed by atoms with Gasteiger partial charge in [0, 0.05) is 62.8 Å². The summed E-state index contributed by atoms with van der Waals surface area (Å²) in [5.74, 6) is -0.277. The number of hydrogen-bond donors (Lipinski definition) is 4. The van der Waals surface area contributed by atoms with Crippen LogP contribution in [0.1, 0.15) is 118 Å². The van der Waals surface area contributed by atoms with Crippen molar-refractivity contribution in [3.05, 3.63) is 118 Å². The normalized spacial score (nSPS) is 23.0. The van der Waals surface area contributed by atoms with E-state index in [-0.39, 0.29) is 50.8 Å². The number of aromatic nitrogens is 2. The summed E-state index contributed by atoms with van der Waals surface area (Å²) in [6, 6.07) is 19.3. The number of nitrogens with zero attached hydrogens (tertiary/aromatic N) is 4. The number of nitro groups is 1. The van der Waals surface area contributed by atoms with E-state index in [1.54, 1.807) is 19.1 Å². The Labute approximate surface area is 391 Å². The summed E-state index contributed by atoms with van der Waals surface area (Å²) >= 11 is 0. The first kappa shape index (κ1) is 46.3. The van der Waals surface area contributed by atoms with Gasteiger partial charge in [0.2, 0.25) is 0 Å². The Morgan fingerprint density at radius 2 is 1.79 bits per heavy atom. The lowest BCUT2D eigenvalue weighted by Crippen LogP contribution is -2.63. The molecular formula is C51H60FN7O7S. The molecule has 14 nitrogen and oxygen atoms in total. The van der Waals surface area contributed by atoms with Crippen LogP contribution in [0.4, 0.5) is 21.5 Å². The number of amides is 1. The fourth-order valence-corrected chi connectivity index (χ4v) is 12.0. The predicted octanol–water partition coefficient (Wildman–Crippen LogP) is 9.88. The van der Waals surface area contributed by atoms with Gasteiger partial charge in [-0.05, 0) is 129 Å². The maximum absolute atomic E-state index is 14.8. The van der Waals surface area contributed by atoms with E-state index in [0.29, 0.717) is 37.3 Å². The maximum atomic E-state index is 14.8. The SMILES string of the molecule is C=Cc1nc2[nH]cc(F)c2cc1Oc1cc(N2CCC3(CC2)CN([C@H]2CCC[C@H]2c2ccccc2C(C)C)C3)ccc1C(=O)NS(=O)(=O)c1ccc(NCC2CCC(C)(O)CC2)c([N+](=O)[O-])c1. The minimum Gasteiger partial charge on any atom is -0.454 e. The van der Waals surface area contributed by atoms with Crippen LogP contribution in [0.25, 0.3) is 17.1 Å². The molecule has 2 atom stereocenters. The van der Waals surface area contributed by atoms with Crippen molar-refractivity contribution in [2.45, 2.75) is 107 Å². The molecule has 4 N–H and O–H groups in total. The van der Waals surface area contributed by atoms with Gasteiger partial charge in [0.25, 0.3) is 21.6 Å². The molecule has 2 aromatic heterocycles. The molecule has 1 spiro atoms. The van der Waals surface area contributed by atoms with Crippen LogP contribution in [-0.4, -0.2) is 83.6 Å². The summed E-state index contributed by atoms with van der Waals surface area (Å²) in [6.07, 6.45) is 11.0. The number of carbonyl (C=O) groups is 1. The molecule has 1 amide bonds. The van der Waals surface area contributed by atoms with Gasteiger partial charge in [0.05, 0.1) is 26.4 Å². The molecule has 2 saturated heterocycles. The molecule has 9 rings (SSSR count). The number of pyridine rings is 1. The highest BCUT2D eigenvalue weighted by Gasteiger charge is 2.49. The third kappa shape index (κ3) is 9.53. The molecule has 2 aliphatic heterocycles. The Bertz CT molecular complexity index is 2800. The van der Waals surface area contributed by atoms with Crippen molar-refractivity contribution in [3.8, 4) is 11.5 Å². The molecule has 3 aromatic carbocycles. The number of aromatic amines is 1. The second-order valence-electron chi connectivity index (χ2n) is 19.9. The van der Waals surface area contributed by atoms with Crippen LogP contribution in [0.3, 0.4) is 0 Å². The topological polar surface area (TPSA) is 183 Å². The fraction of sp³-hybridized carbons (Fsp3) is 0.451. The molecule has 0 unspecified atom stereocenters. The zero-order chi connectivity index (χ0) is 47.3. The molecule has 2 aliphatic carbocycles. The monoisotopic (exact) mass is 933 g/mol. The van der Waals surface area contributed by atoms with Crippen molar-refractivity contribution < 1.29 is 32.4 Å². The van der Waals surface area contributed by atoms with Crippen molar-refractivity contribution in [1.82, 2.24) is 19.6 Å². The first-order chi connectivity index (χ1) is 32.0. The summed E-state index contributed by atoms with van der Waals surface area (Å²) in [7, 11) is -4.65. The quantitative estimate of drug-likeness (QED) is 0.0614. The van der Waals surface area contributed by atoms with Gasteiger partial charge in [-0.3, -0.25) is 19.8 Å². The predicted molar refractivity (Wildman–Crippen MR) is 258 cm³/mol. The number of nitrogens with one attached hydrogen (secondary N) is 3. The van der Waals surface area contributed by atoms with Gasteiger partial charge in [-0.15, -0.1) is 0 Å². The molecule has 4 heterocycles. The number of hydrogen-bond acceptors (Lipinski definition) is 11. The number of anilines is 2.